The topological polar surface area (TPSA) is 71.0 Å². The number of nitrogens with zero attached hydrogens (tertiary/aromatic N) is 1. The summed E-state index contributed by atoms with van der Waals surface area (Å²) in [4.78, 5) is 13.0. The van der Waals surface area contributed by atoms with Gasteiger partial charge in [0, 0.05) is 25.0 Å². The molecule has 88 valence electrons. The molecule has 17 heavy (non-hydrogen) atoms. The lowest BCUT2D eigenvalue weighted by Crippen LogP contribution is -2.04. The number of para-hydroxylation sites is 1. The smallest absolute Gasteiger partial charge is 0.295 e. The van der Waals surface area contributed by atoms with E-state index in [4.69, 9.17) is 0 Å². The van der Waals surface area contributed by atoms with Crippen LogP contribution < -0.4 is 5.32 Å². The van der Waals surface area contributed by atoms with E-state index in [1.54, 1.807) is 18.5 Å². The fourth-order valence-corrected chi connectivity index (χ4v) is 1.50. The Labute approximate surface area is 96.4 Å². The number of anilines is 1. The number of nitro groups is 1. The number of halogens is 1. The normalized spacial score (nSPS) is 10.2. The van der Waals surface area contributed by atoms with E-state index in [2.05, 4.69) is 10.3 Å². The van der Waals surface area contributed by atoms with Crippen molar-refractivity contribution >= 4 is 11.4 Å². The van der Waals surface area contributed by atoms with Crippen LogP contribution in [-0.4, -0.2) is 9.91 Å². The summed E-state index contributed by atoms with van der Waals surface area (Å²) in [5.74, 6) is -0.630. The van der Waals surface area contributed by atoms with Crippen LogP contribution in [0.25, 0.3) is 0 Å². The quantitative estimate of drug-likeness (QED) is 0.632. The average Bonchev–Trinajstić information content (AvgIpc) is 2.80. The molecule has 0 radical (unpaired) electrons. The maximum Gasteiger partial charge on any atom is 0.295 e. The predicted octanol–water partition coefficient (Wildman–Crippen LogP) is 2.67. The molecule has 2 aromatic rings. The largest absolute Gasteiger partial charge is 0.373 e. The Morgan fingerprint density at radius 3 is 2.88 bits per heavy atom. The first-order valence-electron chi connectivity index (χ1n) is 4.97. The fourth-order valence-electron chi connectivity index (χ4n) is 1.50. The Kier molecular flexibility index (Phi) is 3.04. The molecule has 1 heterocycles. The summed E-state index contributed by atoms with van der Waals surface area (Å²) < 4.78 is 13.5. The first-order chi connectivity index (χ1) is 8.18. The van der Waals surface area contributed by atoms with Crippen molar-refractivity contribution in [3.8, 4) is 0 Å². The third-order valence-electron chi connectivity index (χ3n) is 2.32. The van der Waals surface area contributed by atoms with Gasteiger partial charge in [-0.05, 0) is 17.7 Å². The van der Waals surface area contributed by atoms with Crippen molar-refractivity contribution in [1.82, 2.24) is 4.98 Å². The minimum Gasteiger partial charge on any atom is -0.373 e. The molecule has 0 aliphatic rings. The summed E-state index contributed by atoms with van der Waals surface area (Å²) in [6.07, 6.45) is 3.46. The zero-order valence-corrected chi connectivity index (χ0v) is 8.81. The van der Waals surface area contributed by atoms with Gasteiger partial charge >= 0.3 is 0 Å². The highest BCUT2D eigenvalue weighted by Gasteiger charge is 2.17. The molecule has 5 nitrogen and oxygen atoms in total. The highest BCUT2D eigenvalue weighted by molar-refractivity contribution is 5.62. The van der Waals surface area contributed by atoms with Gasteiger partial charge in [0.1, 0.15) is 5.69 Å². The van der Waals surface area contributed by atoms with Gasteiger partial charge in [-0.1, -0.05) is 6.07 Å². The number of rotatable bonds is 4. The summed E-state index contributed by atoms with van der Waals surface area (Å²) in [6.45, 7) is 0.325. The van der Waals surface area contributed by atoms with Crippen molar-refractivity contribution in [3.05, 3.63) is 58.2 Å². The number of H-pyrrole nitrogens is 1. The molecule has 0 amide bonds. The van der Waals surface area contributed by atoms with Gasteiger partial charge in [0.2, 0.25) is 0 Å². The molecule has 0 saturated heterocycles. The van der Waals surface area contributed by atoms with Crippen molar-refractivity contribution in [2.45, 2.75) is 6.54 Å². The SMILES string of the molecule is O=[N+]([O-])c1cccc(F)c1NCc1cc[nH]c1. The first kappa shape index (κ1) is 11.1. The van der Waals surface area contributed by atoms with Crippen LogP contribution in [0, 0.1) is 15.9 Å². The second kappa shape index (κ2) is 4.65. The van der Waals surface area contributed by atoms with Gasteiger partial charge in [-0.15, -0.1) is 0 Å². The van der Waals surface area contributed by atoms with Gasteiger partial charge in [0.05, 0.1) is 4.92 Å². The summed E-state index contributed by atoms with van der Waals surface area (Å²) >= 11 is 0. The van der Waals surface area contributed by atoms with Gasteiger partial charge in [-0.2, -0.15) is 0 Å². The highest BCUT2D eigenvalue weighted by atomic mass is 19.1. The minimum absolute atomic E-state index is 0.0845. The standard InChI is InChI=1S/C11H10FN3O2/c12-9-2-1-3-10(15(16)17)11(9)14-7-8-4-5-13-6-8/h1-6,13-14H,7H2. The third kappa shape index (κ3) is 2.41. The number of aromatic nitrogens is 1. The molecule has 0 bridgehead atoms. The molecule has 0 atom stereocenters. The molecule has 6 heteroatoms. The lowest BCUT2D eigenvalue weighted by molar-refractivity contribution is -0.384. The van der Waals surface area contributed by atoms with Gasteiger partial charge in [-0.25, -0.2) is 4.39 Å². The number of benzene rings is 1. The molecular formula is C11H10FN3O2. The summed E-state index contributed by atoms with van der Waals surface area (Å²) in [6, 6.07) is 5.57. The van der Waals surface area contributed by atoms with Gasteiger partial charge in [0.25, 0.3) is 5.69 Å². The van der Waals surface area contributed by atoms with Gasteiger partial charge in [-0.3, -0.25) is 10.1 Å². The monoisotopic (exact) mass is 235 g/mol. The Bertz CT molecular complexity index is 526. The predicted molar refractivity (Wildman–Crippen MR) is 61.2 cm³/mol. The maximum absolute atomic E-state index is 13.5. The van der Waals surface area contributed by atoms with E-state index >= 15 is 0 Å². The number of nitrogens with one attached hydrogen (secondary N) is 2. The lowest BCUT2D eigenvalue weighted by atomic mass is 10.2. The van der Waals surface area contributed by atoms with E-state index < -0.39 is 10.7 Å². The molecule has 1 aromatic heterocycles. The van der Waals surface area contributed by atoms with Crippen LogP contribution >= 0.6 is 0 Å². The third-order valence-corrected chi connectivity index (χ3v) is 2.32. The second-order valence-electron chi connectivity index (χ2n) is 3.46. The Morgan fingerprint density at radius 1 is 1.41 bits per heavy atom. The van der Waals surface area contributed by atoms with E-state index in [0.29, 0.717) is 6.54 Å². The van der Waals surface area contributed by atoms with Crippen LogP contribution in [0.5, 0.6) is 0 Å². The Balaban J connectivity index is 2.22. The van der Waals surface area contributed by atoms with Crippen LogP contribution in [0.2, 0.25) is 0 Å². The van der Waals surface area contributed by atoms with Crippen LogP contribution in [-0.2, 0) is 6.54 Å². The Hall–Kier alpha value is -2.37. The molecule has 0 aliphatic carbocycles. The molecular weight excluding hydrogens is 225 g/mol. The second-order valence-corrected chi connectivity index (χ2v) is 3.46. The highest BCUT2D eigenvalue weighted by Crippen LogP contribution is 2.27. The molecule has 0 spiro atoms. The van der Waals surface area contributed by atoms with E-state index in [0.717, 1.165) is 5.56 Å². The molecule has 2 N–H and O–H groups in total. The van der Waals surface area contributed by atoms with E-state index in [9.17, 15) is 14.5 Å². The number of aromatic amines is 1. The van der Waals surface area contributed by atoms with Crippen LogP contribution in [0.15, 0.2) is 36.7 Å². The summed E-state index contributed by atoms with van der Waals surface area (Å²) in [5, 5.41) is 13.5. The van der Waals surface area contributed by atoms with E-state index in [1.165, 1.54) is 18.2 Å². The zero-order valence-electron chi connectivity index (χ0n) is 8.81. The van der Waals surface area contributed by atoms with Crippen molar-refractivity contribution in [2.24, 2.45) is 0 Å². The molecule has 0 unspecified atom stereocenters. The maximum atomic E-state index is 13.5. The van der Waals surface area contributed by atoms with Crippen LogP contribution in [0.4, 0.5) is 15.8 Å². The number of hydrogen-bond acceptors (Lipinski definition) is 3. The summed E-state index contributed by atoms with van der Waals surface area (Å²) in [7, 11) is 0. The van der Waals surface area contributed by atoms with Crippen LogP contribution in [0.3, 0.4) is 0 Å². The first-order valence-corrected chi connectivity index (χ1v) is 4.97. The van der Waals surface area contributed by atoms with Gasteiger partial charge in [0.15, 0.2) is 5.82 Å². The van der Waals surface area contributed by atoms with E-state index in [1.807, 2.05) is 0 Å². The molecule has 0 fully saturated rings. The van der Waals surface area contributed by atoms with Crippen LogP contribution in [0.1, 0.15) is 5.56 Å². The minimum atomic E-state index is -0.630. The molecule has 1 aromatic carbocycles. The van der Waals surface area contributed by atoms with Crippen molar-refractivity contribution in [3.63, 3.8) is 0 Å². The molecule has 2 rings (SSSR count). The Morgan fingerprint density at radius 2 is 2.24 bits per heavy atom. The summed E-state index contributed by atoms with van der Waals surface area (Å²) in [5.41, 5.74) is 0.543. The lowest BCUT2D eigenvalue weighted by Gasteiger charge is -2.06. The zero-order chi connectivity index (χ0) is 12.3. The van der Waals surface area contributed by atoms with E-state index in [-0.39, 0.29) is 11.4 Å². The van der Waals surface area contributed by atoms with Gasteiger partial charge < -0.3 is 10.3 Å². The molecule has 0 saturated carbocycles. The molecule has 0 aliphatic heterocycles. The number of hydrogen-bond donors (Lipinski definition) is 2. The van der Waals surface area contributed by atoms with Crippen molar-refractivity contribution in [2.75, 3.05) is 5.32 Å². The van der Waals surface area contributed by atoms with Crippen molar-refractivity contribution in [1.29, 1.82) is 0 Å². The number of nitro benzene ring substituents is 1. The van der Waals surface area contributed by atoms with Crippen molar-refractivity contribution < 1.29 is 9.31 Å². The fraction of sp³-hybridized carbons (Fsp3) is 0.0909. The average molecular weight is 235 g/mol.